The third-order valence-electron chi connectivity index (χ3n) is 5.30. The number of nitrogens with one attached hydrogen (secondary N) is 1. The van der Waals surface area contributed by atoms with Crippen molar-refractivity contribution in [2.75, 3.05) is 13.1 Å². The molecule has 0 radical (unpaired) electrons. The summed E-state index contributed by atoms with van der Waals surface area (Å²) in [6.45, 7) is 3.29. The van der Waals surface area contributed by atoms with Gasteiger partial charge in [0.05, 0.1) is 0 Å². The molecule has 0 aliphatic carbocycles. The summed E-state index contributed by atoms with van der Waals surface area (Å²) < 4.78 is 0. The van der Waals surface area contributed by atoms with Crippen LogP contribution in [0.4, 0.5) is 0 Å². The molecule has 0 bridgehead atoms. The van der Waals surface area contributed by atoms with Gasteiger partial charge in [0.15, 0.2) is 0 Å². The van der Waals surface area contributed by atoms with E-state index in [0.29, 0.717) is 24.3 Å². The minimum Gasteiger partial charge on any atom is -0.348 e. The monoisotopic (exact) mass is 373 g/mol. The Morgan fingerprint density at radius 1 is 1.00 bits per heavy atom. The highest BCUT2D eigenvalue weighted by Gasteiger charge is 2.25. The summed E-state index contributed by atoms with van der Waals surface area (Å²) in [6, 6.07) is 17.4. The zero-order chi connectivity index (χ0) is 19.5. The third-order valence-corrected chi connectivity index (χ3v) is 5.30. The number of carbonyl (C=O) groups excluding carboxylic acids is 2. The van der Waals surface area contributed by atoms with Crippen molar-refractivity contribution in [3.8, 4) is 0 Å². The average molecular weight is 373 g/mol. The van der Waals surface area contributed by atoms with E-state index >= 15 is 0 Å². The Hall–Kier alpha value is -3.21. The second-order valence-electron chi connectivity index (χ2n) is 7.29. The molecule has 5 heteroatoms. The highest BCUT2D eigenvalue weighted by molar-refractivity contribution is 6.05. The van der Waals surface area contributed by atoms with Crippen LogP contribution in [0, 0.1) is 6.92 Å². The number of aryl methyl sites for hydroxylation is 1. The lowest BCUT2D eigenvalue weighted by Gasteiger charge is -2.32. The van der Waals surface area contributed by atoms with E-state index in [1.807, 2.05) is 66.4 Å². The van der Waals surface area contributed by atoms with E-state index in [2.05, 4.69) is 10.3 Å². The molecule has 1 saturated heterocycles. The number of amides is 2. The van der Waals surface area contributed by atoms with Crippen LogP contribution in [0.5, 0.6) is 0 Å². The maximum atomic E-state index is 12.7. The summed E-state index contributed by atoms with van der Waals surface area (Å²) in [5.41, 5.74) is 2.31. The molecular weight excluding hydrogens is 350 g/mol. The topological polar surface area (TPSA) is 62.3 Å². The second kappa shape index (κ2) is 7.80. The van der Waals surface area contributed by atoms with Crippen molar-refractivity contribution in [3.63, 3.8) is 0 Å². The predicted octanol–water partition coefficient (Wildman–Crippen LogP) is 3.58. The number of nitrogens with zero attached hydrogens (tertiary/aromatic N) is 2. The van der Waals surface area contributed by atoms with Gasteiger partial charge in [0.1, 0.15) is 5.69 Å². The zero-order valence-corrected chi connectivity index (χ0v) is 15.9. The normalized spacial score (nSPS) is 14.8. The van der Waals surface area contributed by atoms with Gasteiger partial charge in [-0.1, -0.05) is 42.0 Å². The van der Waals surface area contributed by atoms with Crippen LogP contribution in [0.25, 0.3) is 10.8 Å². The van der Waals surface area contributed by atoms with Crippen LogP contribution in [0.2, 0.25) is 0 Å². The van der Waals surface area contributed by atoms with Crippen molar-refractivity contribution in [1.82, 2.24) is 15.2 Å². The maximum Gasteiger partial charge on any atom is 0.270 e. The molecule has 3 aromatic rings. The number of hydrogen-bond acceptors (Lipinski definition) is 3. The fourth-order valence-electron chi connectivity index (χ4n) is 3.66. The van der Waals surface area contributed by atoms with Crippen molar-refractivity contribution in [2.24, 2.45) is 0 Å². The number of fused-ring (bicyclic) bond motifs is 1. The first kappa shape index (κ1) is 18.2. The van der Waals surface area contributed by atoms with E-state index in [1.165, 1.54) is 0 Å². The third kappa shape index (κ3) is 3.74. The Kier molecular flexibility index (Phi) is 5.06. The molecule has 0 atom stereocenters. The number of pyridine rings is 1. The summed E-state index contributed by atoms with van der Waals surface area (Å²) >= 11 is 0. The number of likely N-dealkylation sites (tertiary alicyclic amines) is 1. The number of aromatic nitrogens is 1. The fraction of sp³-hybridized carbons (Fsp3) is 0.261. The second-order valence-corrected chi connectivity index (χ2v) is 7.29. The van der Waals surface area contributed by atoms with Gasteiger partial charge in [-0.25, -0.2) is 0 Å². The summed E-state index contributed by atoms with van der Waals surface area (Å²) in [5, 5.41) is 4.95. The zero-order valence-electron chi connectivity index (χ0n) is 15.9. The van der Waals surface area contributed by atoms with E-state index in [1.54, 1.807) is 6.20 Å². The number of benzene rings is 2. The SMILES string of the molecule is Cc1ccc(C(=O)N2CCC(NC(=O)c3nccc4ccccc34)CC2)cc1. The van der Waals surface area contributed by atoms with Gasteiger partial charge in [-0.3, -0.25) is 14.6 Å². The average Bonchev–Trinajstić information content (AvgIpc) is 2.74. The number of piperidine rings is 1. The number of rotatable bonds is 3. The summed E-state index contributed by atoms with van der Waals surface area (Å²) in [7, 11) is 0. The molecule has 0 spiro atoms. The van der Waals surface area contributed by atoms with Gasteiger partial charge >= 0.3 is 0 Å². The number of carbonyl (C=O) groups is 2. The van der Waals surface area contributed by atoms with Crippen molar-refractivity contribution in [1.29, 1.82) is 0 Å². The lowest BCUT2D eigenvalue weighted by Crippen LogP contribution is -2.46. The molecular formula is C23H23N3O2. The van der Waals surface area contributed by atoms with Crippen LogP contribution in [-0.2, 0) is 0 Å². The molecule has 142 valence electrons. The highest BCUT2D eigenvalue weighted by atomic mass is 16.2. The first-order valence-corrected chi connectivity index (χ1v) is 9.62. The van der Waals surface area contributed by atoms with Crippen LogP contribution in [0.15, 0.2) is 60.8 Å². The summed E-state index contributed by atoms with van der Waals surface area (Å²) in [4.78, 5) is 31.5. The van der Waals surface area contributed by atoms with Gasteiger partial charge in [-0.05, 0) is 43.4 Å². The Bertz CT molecular complexity index is 1000. The minimum absolute atomic E-state index is 0.0512. The molecule has 1 aliphatic rings. The Morgan fingerprint density at radius 3 is 2.46 bits per heavy atom. The van der Waals surface area contributed by atoms with Gasteiger partial charge in [0, 0.05) is 36.3 Å². The van der Waals surface area contributed by atoms with Gasteiger partial charge < -0.3 is 10.2 Å². The minimum atomic E-state index is -0.153. The van der Waals surface area contributed by atoms with Crippen LogP contribution in [0.3, 0.4) is 0 Å². The summed E-state index contributed by atoms with van der Waals surface area (Å²) in [6.07, 6.45) is 3.16. The van der Waals surface area contributed by atoms with Gasteiger partial charge in [0.25, 0.3) is 11.8 Å². The highest BCUT2D eigenvalue weighted by Crippen LogP contribution is 2.18. The molecule has 1 aliphatic heterocycles. The van der Waals surface area contributed by atoms with E-state index < -0.39 is 0 Å². The largest absolute Gasteiger partial charge is 0.348 e. The standard InChI is InChI=1S/C23H23N3O2/c1-16-6-8-18(9-7-16)23(28)26-14-11-19(12-15-26)25-22(27)21-20-5-3-2-4-17(20)10-13-24-21/h2-10,13,19H,11-12,14-15H2,1H3,(H,25,27). The Labute approximate surface area is 164 Å². The lowest BCUT2D eigenvalue weighted by molar-refractivity contribution is 0.0698. The maximum absolute atomic E-state index is 12.7. The molecule has 2 heterocycles. The molecule has 28 heavy (non-hydrogen) atoms. The van der Waals surface area contributed by atoms with E-state index in [0.717, 1.165) is 29.2 Å². The predicted molar refractivity (Wildman–Crippen MR) is 109 cm³/mol. The Morgan fingerprint density at radius 2 is 1.71 bits per heavy atom. The van der Waals surface area contributed by atoms with E-state index in [9.17, 15) is 9.59 Å². The molecule has 4 rings (SSSR count). The van der Waals surface area contributed by atoms with E-state index in [-0.39, 0.29) is 17.9 Å². The molecule has 1 aromatic heterocycles. The quantitative estimate of drug-likeness (QED) is 0.763. The number of hydrogen-bond donors (Lipinski definition) is 1. The first-order valence-electron chi connectivity index (χ1n) is 9.62. The fourth-order valence-corrected chi connectivity index (χ4v) is 3.66. The molecule has 0 saturated carbocycles. The van der Waals surface area contributed by atoms with Gasteiger partial charge in [0.2, 0.25) is 0 Å². The molecule has 0 unspecified atom stereocenters. The van der Waals surface area contributed by atoms with Crippen LogP contribution < -0.4 is 5.32 Å². The Balaban J connectivity index is 1.38. The molecule has 1 fully saturated rings. The van der Waals surface area contributed by atoms with Crippen molar-refractivity contribution in [2.45, 2.75) is 25.8 Å². The van der Waals surface area contributed by atoms with Crippen molar-refractivity contribution >= 4 is 22.6 Å². The molecule has 2 amide bonds. The van der Waals surface area contributed by atoms with Gasteiger partial charge in [-0.2, -0.15) is 0 Å². The lowest BCUT2D eigenvalue weighted by atomic mass is 10.0. The van der Waals surface area contributed by atoms with Crippen molar-refractivity contribution < 1.29 is 9.59 Å². The van der Waals surface area contributed by atoms with Crippen LogP contribution >= 0.6 is 0 Å². The first-order chi connectivity index (χ1) is 13.6. The smallest absolute Gasteiger partial charge is 0.270 e. The van der Waals surface area contributed by atoms with Crippen molar-refractivity contribution in [3.05, 3.63) is 77.6 Å². The molecule has 2 aromatic carbocycles. The summed E-state index contributed by atoms with van der Waals surface area (Å²) in [5.74, 6) is -0.0967. The van der Waals surface area contributed by atoms with Crippen LogP contribution in [0.1, 0.15) is 39.3 Å². The van der Waals surface area contributed by atoms with E-state index in [4.69, 9.17) is 0 Å². The molecule has 5 nitrogen and oxygen atoms in total. The van der Waals surface area contributed by atoms with Crippen LogP contribution in [-0.4, -0.2) is 40.8 Å². The van der Waals surface area contributed by atoms with Gasteiger partial charge in [-0.15, -0.1) is 0 Å². The molecule has 1 N–H and O–H groups in total.